The van der Waals surface area contributed by atoms with Crippen LogP contribution in [0.3, 0.4) is 0 Å². The lowest BCUT2D eigenvalue weighted by Gasteiger charge is -2.57. The van der Waals surface area contributed by atoms with Crippen LogP contribution in [0.15, 0.2) is 23.1 Å². The molecule has 1 aromatic carbocycles. The molecule has 0 unspecified atom stereocenters. The smallest absolute Gasteiger partial charge is 0.293 e. The maximum Gasteiger partial charge on any atom is 0.293 e. The van der Waals surface area contributed by atoms with E-state index in [0.717, 1.165) is 40.8 Å². The van der Waals surface area contributed by atoms with Gasteiger partial charge in [-0.1, -0.05) is 6.07 Å². The Morgan fingerprint density at radius 3 is 2.31 bits per heavy atom. The number of imide groups is 1. The third-order valence-corrected chi connectivity index (χ3v) is 8.34. The number of amides is 2. The van der Waals surface area contributed by atoms with Crippen LogP contribution in [0, 0.1) is 17.8 Å². The average molecular weight is 412 g/mol. The van der Waals surface area contributed by atoms with Gasteiger partial charge >= 0.3 is 0 Å². The van der Waals surface area contributed by atoms with Gasteiger partial charge in [0.1, 0.15) is 5.75 Å². The van der Waals surface area contributed by atoms with Crippen LogP contribution in [0.5, 0.6) is 5.75 Å². The summed E-state index contributed by atoms with van der Waals surface area (Å²) in [6, 6.07) is 6.58. The Bertz CT molecular complexity index is 855. The van der Waals surface area contributed by atoms with Crippen molar-refractivity contribution in [2.45, 2.75) is 57.8 Å². The molecule has 2 amide bonds. The first-order chi connectivity index (χ1) is 14.0. The number of hydrogen-bond acceptors (Lipinski definition) is 4. The van der Waals surface area contributed by atoms with Crippen molar-refractivity contribution >= 4 is 29.0 Å². The maximum absolute atomic E-state index is 12.6. The molecule has 154 valence electrons. The second-order valence-corrected chi connectivity index (χ2v) is 10.3. The number of nitrogens with zero attached hydrogens (tertiary/aromatic N) is 1. The van der Waals surface area contributed by atoms with E-state index in [2.05, 4.69) is 18.2 Å². The van der Waals surface area contributed by atoms with Crippen LogP contribution in [0.25, 0.3) is 6.08 Å². The zero-order valence-corrected chi connectivity index (χ0v) is 18.1. The molecule has 0 aromatic heterocycles. The van der Waals surface area contributed by atoms with E-state index >= 15 is 0 Å². The van der Waals surface area contributed by atoms with Crippen molar-refractivity contribution in [2.24, 2.45) is 17.8 Å². The fourth-order valence-electron chi connectivity index (χ4n) is 6.66. The van der Waals surface area contributed by atoms with E-state index in [9.17, 15) is 9.59 Å². The summed E-state index contributed by atoms with van der Waals surface area (Å²) in [6.07, 6.45) is 10.1. The number of carbonyl (C=O) groups excluding carboxylic acids is 2. The highest BCUT2D eigenvalue weighted by Crippen LogP contribution is 2.61. The monoisotopic (exact) mass is 411 g/mol. The molecule has 0 spiro atoms. The lowest BCUT2D eigenvalue weighted by Crippen LogP contribution is -2.48. The maximum atomic E-state index is 12.6. The van der Waals surface area contributed by atoms with Gasteiger partial charge in [0.05, 0.1) is 11.5 Å². The Labute approximate surface area is 177 Å². The van der Waals surface area contributed by atoms with Crippen molar-refractivity contribution in [1.82, 2.24) is 4.90 Å². The normalized spacial score (nSPS) is 34.5. The molecule has 0 atom stereocenters. The number of hydrogen-bond donors (Lipinski definition) is 0. The summed E-state index contributed by atoms with van der Waals surface area (Å²) < 4.78 is 5.87. The second kappa shape index (κ2) is 7.19. The first-order valence-electron chi connectivity index (χ1n) is 11.0. The minimum absolute atomic E-state index is 0.182. The Balaban J connectivity index is 1.53. The van der Waals surface area contributed by atoms with Crippen LogP contribution < -0.4 is 4.74 Å². The number of thioether (sulfide) groups is 1. The predicted molar refractivity (Wildman–Crippen MR) is 116 cm³/mol. The van der Waals surface area contributed by atoms with E-state index in [0.29, 0.717) is 23.5 Å². The van der Waals surface area contributed by atoms with Gasteiger partial charge in [-0.25, -0.2) is 0 Å². The van der Waals surface area contributed by atoms with Gasteiger partial charge in [0, 0.05) is 12.1 Å². The second-order valence-electron chi connectivity index (χ2n) is 9.31. The topological polar surface area (TPSA) is 46.6 Å². The van der Waals surface area contributed by atoms with E-state index in [1.54, 1.807) is 0 Å². The molecule has 1 saturated heterocycles. The molecule has 5 aliphatic rings. The molecule has 1 aromatic rings. The van der Waals surface area contributed by atoms with Crippen LogP contribution in [-0.4, -0.2) is 29.2 Å². The van der Waals surface area contributed by atoms with Gasteiger partial charge in [0.25, 0.3) is 11.1 Å². The zero-order chi connectivity index (χ0) is 20.2. The Morgan fingerprint density at radius 2 is 1.76 bits per heavy atom. The summed E-state index contributed by atoms with van der Waals surface area (Å²) >= 11 is 1.04. The quantitative estimate of drug-likeness (QED) is 0.591. The van der Waals surface area contributed by atoms with Gasteiger partial charge in [0.15, 0.2) is 0 Å². The SMILES string of the molecule is CCOc1ccc(C23CC4CC(CC(C4)C2)C3)cc1/C=C1/SC(=O)N(CC)C1=O. The first kappa shape index (κ1) is 19.2. The molecular weight excluding hydrogens is 382 g/mol. The van der Waals surface area contributed by atoms with Gasteiger partial charge < -0.3 is 4.74 Å². The number of ether oxygens (including phenoxy) is 1. The van der Waals surface area contributed by atoms with E-state index in [-0.39, 0.29) is 11.1 Å². The Hall–Kier alpha value is -1.75. The molecule has 1 aliphatic heterocycles. The standard InChI is InChI=1S/C24H29NO3S/c1-3-25-22(26)21(29-23(25)27)11-18-10-19(5-6-20(18)28-4-2)24-12-15-7-16(13-24)9-17(8-15)14-24/h5-6,10-11,15-17H,3-4,7-9,12-14H2,1-2H3/b21-11+. The summed E-state index contributed by atoms with van der Waals surface area (Å²) in [5.41, 5.74) is 2.63. The highest BCUT2D eigenvalue weighted by Gasteiger charge is 2.51. The highest BCUT2D eigenvalue weighted by atomic mass is 32.2. The van der Waals surface area contributed by atoms with E-state index in [1.807, 2.05) is 19.9 Å². The molecule has 29 heavy (non-hydrogen) atoms. The fourth-order valence-corrected chi connectivity index (χ4v) is 7.55. The van der Waals surface area contributed by atoms with E-state index in [4.69, 9.17) is 4.74 Å². The zero-order valence-electron chi connectivity index (χ0n) is 17.3. The summed E-state index contributed by atoms with van der Waals surface area (Å²) in [5.74, 6) is 3.27. The van der Waals surface area contributed by atoms with E-state index < -0.39 is 0 Å². The van der Waals surface area contributed by atoms with Crippen molar-refractivity contribution in [3.8, 4) is 5.75 Å². The predicted octanol–water partition coefficient (Wildman–Crippen LogP) is 5.61. The van der Waals surface area contributed by atoms with Crippen molar-refractivity contribution in [2.75, 3.05) is 13.2 Å². The summed E-state index contributed by atoms with van der Waals surface area (Å²) in [7, 11) is 0. The Morgan fingerprint density at radius 1 is 1.10 bits per heavy atom. The third kappa shape index (κ3) is 3.22. The lowest BCUT2D eigenvalue weighted by atomic mass is 9.48. The molecule has 4 saturated carbocycles. The average Bonchev–Trinajstić information content (AvgIpc) is 2.94. The molecule has 0 radical (unpaired) electrons. The lowest BCUT2D eigenvalue weighted by molar-refractivity contribution is -0.122. The third-order valence-electron chi connectivity index (χ3n) is 7.44. The summed E-state index contributed by atoms with van der Waals surface area (Å²) in [5, 5.41) is -0.182. The van der Waals surface area contributed by atoms with Gasteiger partial charge in [0.2, 0.25) is 0 Å². The molecular formula is C24H29NO3S. The van der Waals surface area contributed by atoms with Crippen molar-refractivity contribution in [3.05, 3.63) is 34.2 Å². The number of rotatable bonds is 5. The van der Waals surface area contributed by atoms with Gasteiger partial charge in [-0.3, -0.25) is 14.5 Å². The summed E-state index contributed by atoms with van der Waals surface area (Å²) in [4.78, 5) is 26.5. The molecule has 5 heteroatoms. The van der Waals surface area contributed by atoms with Crippen LogP contribution in [0.2, 0.25) is 0 Å². The van der Waals surface area contributed by atoms with Crippen molar-refractivity contribution in [1.29, 1.82) is 0 Å². The van der Waals surface area contributed by atoms with Crippen LogP contribution in [-0.2, 0) is 10.2 Å². The van der Waals surface area contributed by atoms with Crippen LogP contribution in [0.4, 0.5) is 4.79 Å². The molecule has 4 nitrogen and oxygen atoms in total. The van der Waals surface area contributed by atoms with Gasteiger partial charge in [-0.05, 0) is 111 Å². The van der Waals surface area contributed by atoms with Crippen LogP contribution >= 0.6 is 11.8 Å². The molecule has 5 fully saturated rings. The first-order valence-corrected chi connectivity index (χ1v) is 11.9. The van der Waals surface area contributed by atoms with E-state index in [1.165, 1.54) is 49.0 Å². The minimum atomic E-state index is -0.190. The molecule has 4 aliphatic carbocycles. The minimum Gasteiger partial charge on any atom is -0.493 e. The summed E-state index contributed by atoms with van der Waals surface area (Å²) in [6.45, 7) is 4.79. The van der Waals surface area contributed by atoms with Crippen molar-refractivity contribution < 1.29 is 14.3 Å². The molecule has 0 N–H and O–H groups in total. The number of benzene rings is 1. The molecule has 1 heterocycles. The molecule has 4 bridgehead atoms. The largest absolute Gasteiger partial charge is 0.493 e. The Kier molecular flexibility index (Phi) is 4.77. The molecule has 6 rings (SSSR count). The number of likely N-dealkylation sites (N-methyl/N-ethyl adjacent to an activating group) is 1. The van der Waals surface area contributed by atoms with Gasteiger partial charge in [-0.15, -0.1) is 0 Å². The number of carbonyl (C=O) groups is 2. The fraction of sp³-hybridized carbons (Fsp3) is 0.583. The van der Waals surface area contributed by atoms with Gasteiger partial charge in [-0.2, -0.15) is 0 Å². The highest BCUT2D eigenvalue weighted by molar-refractivity contribution is 8.18. The van der Waals surface area contributed by atoms with Crippen molar-refractivity contribution in [3.63, 3.8) is 0 Å². The van der Waals surface area contributed by atoms with Crippen LogP contribution in [0.1, 0.15) is 63.5 Å².